The second kappa shape index (κ2) is 6.84. The Morgan fingerprint density at radius 3 is 2.62 bits per heavy atom. The molecule has 110 valence electrons. The molecular weight excluding hydrogens is 294 g/mol. The number of amides is 1. The third-order valence-corrected chi connectivity index (χ3v) is 3.70. The highest BCUT2D eigenvalue weighted by Gasteiger charge is 2.17. The Bertz CT molecular complexity index is 631. The summed E-state index contributed by atoms with van der Waals surface area (Å²) < 4.78 is 4.50. The third kappa shape index (κ3) is 3.78. The summed E-state index contributed by atoms with van der Waals surface area (Å²) in [6.07, 6.45) is 4.77. The van der Waals surface area contributed by atoms with Crippen LogP contribution in [0.1, 0.15) is 12.8 Å². The van der Waals surface area contributed by atoms with Gasteiger partial charge in [-0.25, -0.2) is 9.97 Å². The van der Waals surface area contributed by atoms with E-state index in [-0.39, 0.29) is 18.7 Å². The first kappa shape index (κ1) is 15.0. The fourth-order valence-corrected chi connectivity index (χ4v) is 2.26. The molecule has 0 saturated carbocycles. The Morgan fingerprint density at radius 2 is 1.95 bits per heavy atom. The molecule has 2 heterocycles. The van der Waals surface area contributed by atoms with Gasteiger partial charge in [0.2, 0.25) is 11.0 Å². The van der Waals surface area contributed by atoms with Crippen LogP contribution in [0.3, 0.4) is 0 Å². The number of hydrogen-bond donors (Lipinski definition) is 0. The van der Waals surface area contributed by atoms with Crippen LogP contribution in [0, 0.1) is 0 Å². The molecule has 2 aromatic heterocycles. The van der Waals surface area contributed by atoms with Crippen LogP contribution in [-0.4, -0.2) is 46.2 Å². The summed E-state index contributed by atoms with van der Waals surface area (Å²) >= 11 is 1.25. The molecule has 0 atom stereocenters. The lowest BCUT2D eigenvalue weighted by Crippen LogP contribution is -2.26. The molecule has 0 bridgehead atoms. The molecule has 0 aliphatic heterocycles. The molecule has 2 rings (SSSR count). The minimum atomic E-state index is -0.420. The molecule has 0 saturated heterocycles. The number of ether oxygens (including phenoxy) is 1. The number of hydrogen-bond acceptors (Lipinski definition) is 8. The van der Waals surface area contributed by atoms with E-state index >= 15 is 0 Å². The number of aromatic nitrogens is 4. The standard InChI is InChI=1S/C12H13N5O3S/c1-17(9(18)3-4-10(19)20-2)12-16-15-11(21-12)8-5-13-7-14-6-8/h5-7H,3-4H2,1-2H3. The molecule has 8 nitrogen and oxygen atoms in total. The summed E-state index contributed by atoms with van der Waals surface area (Å²) in [5.74, 6) is -0.649. The lowest BCUT2D eigenvalue weighted by atomic mass is 10.3. The van der Waals surface area contributed by atoms with Crippen molar-refractivity contribution in [3.63, 3.8) is 0 Å². The number of esters is 1. The predicted octanol–water partition coefficient (Wildman–Crippen LogP) is 0.911. The number of carbonyl (C=O) groups excluding carboxylic acids is 2. The van der Waals surface area contributed by atoms with Crippen LogP contribution in [0.25, 0.3) is 10.6 Å². The Balaban J connectivity index is 2.03. The number of methoxy groups -OCH3 is 1. The smallest absolute Gasteiger partial charge is 0.306 e. The van der Waals surface area contributed by atoms with Crippen LogP contribution < -0.4 is 4.90 Å². The van der Waals surface area contributed by atoms with Gasteiger partial charge in [0.15, 0.2) is 5.01 Å². The average molecular weight is 307 g/mol. The highest BCUT2D eigenvalue weighted by Crippen LogP contribution is 2.27. The second-order valence-electron chi connectivity index (χ2n) is 4.05. The largest absolute Gasteiger partial charge is 0.469 e. The fraction of sp³-hybridized carbons (Fsp3) is 0.333. The molecule has 21 heavy (non-hydrogen) atoms. The van der Waals surface area contributed by atoms with E-state index in [2.05, 4.69) is 24.9 Å². The maximum atomic E-state index is 11.9. The first-order valence-corrected chi connectivity index (χ1v) is 6.85. The molecule has 0 aliphatic carbocycles. The van der Waals surface area contributed by atoms with Crippen molar-refractivity contribution in [3.05, 3.63) is 18.7 Å². The van der Waals surface area contributed by atoms with Crippen molar-refractivity contribution in [1.82, 2.24) is 20.2 Å². The van der Waals surface area contributed by atoms with Crippen LogP contribution in [-0.2, 0) is 14.3 Å². The molecule has 2 aromatic rings. The van der Waals surface area contributed by atoms with Gasteiger partial charge in [-0.05, 0) is 0 Å². The third-order valence-electron chi connectivity index (χ3n) is 2.65. The van der Waals surface area contributed by atoms with Crippen molar-refractivity contribution in [2.75, 3.05) is 19.1 Å². The summed E-state index contributed by atoms with van der Waals surface area (Å²) in [5, 5.41) is 9.04. The maximum absolute atomic E-state index is 11.9. The number of anilines is 1. The van der Waals surface area contributed by atoms with Crippen molar-refractivity contribution in [2.24, 2.45) is 0 Å². The first-order chi connectivity index (χ1) is 10.1. The maximum Gasteiger partial charge on any atom is 0.306 e. The van der Waals surface area contributed by atoms with Gasteiger partial charge in [-0.15, -0.1) is 10.2 Å². The van der Waals surface area contributed by atoms with Crippen molar-refractivity contribution in [3.8, 4) is 10.6 Å². The van der Waals surface area contributed by atoms with Crippen LogP contribution >= 0.6 is 11.3 Å². The Kier molecular flexibility index (Phi) is 4.88. The Hall–Kier alpha value is -2.42. The molecule has 9 heteroatoms. The van der Waals surface area contributed by atoms with Gasteiger partial charge in [-0.3, -0.25) is 14.5 Å². The predicted molar refractivity (Wildman–Crippen MR) is 75.6 cm³/mol. The molecule has 0 spiro atoms. The summed E-state index contributed by atoms with van der Waals surface area (Å²) in [7, 11) is 2.88. The zero-order chi connectivity index (χ0) is 15.2. The summed E-state index contributed by atoms with van der Waals surface area (Å²) in [4.78, 5) is 32.2. The Morgan fingerprint density at radius 1 is 1.24 bits per heavy atom. The fourth-order valence-electron chi connectivity index (χ4n) is 1.46. The van der Waals surface area contributed by atoms with Crippen molar-refractivity contribution in [2.45, 2.75) is 12.8 Å². The molecular formula is C12H13N5O3S. The molecule has 0 unspecified atom stereocenters. The van der Waals surface area contributed by atoms with Crippen LogP contribution in [0.15, 0.2) is 18.7 Å². The SMILES string of the molecule is COC(=O)CCC(=O)N(C)c1nnc(-c2cncnc2)s1. The molecule has 0 radical (unpaired) electrons. The number of rotatable bonds is 5. The molecule has 1 amide bonds. The van der Waals surface area contributed by atoms with Gasteiger partial charge < -0.3 is 4.74 Å². The molecule has 0 aromatic carbocycles. The van der Waals surface area contributed by atoms with Gasteiger partial charge in [0, 0.05) is 31.4 Å². The quantitative estimate of drug-likeness (QED) is 0.757. The van der Waals surface area contributed by atoms with Crippen molar-refractivity contribution < 1.29 is 14.3 Å². The number of carbonyl (C=O) groups is 2. The van der Waals surface area contributed by atoms with Gasteiger partial charge >= 0.3 is 5.97 Å². The van der Waals surface area contributed by atoms with E-state index in [1.54, 1.807) is 19.4 Å². The van der Waals surface area contributed by atoms with E-state index in [9.17, 15) is 9.59 Å². The van der Waals surface area contributed by atoms with E-state index in [0.717, 1.165) is 5.56 Å². The normalized spacial score (nSPS) is 10.2. The van der Waals surface area contributed by atoms with Gasteiger partial charge in [-0.2, -0.15) is 0 Å². The highest BCUT2D eigenvalue weighted by atomic mass is 32.1. The van der Waals surface area contributed by atoms with E-state index in [1.807, 2.05) is 0 Å². The monoisotopic (exact) mass is 307 g/mol. The van der Waals surface area contributed by atoms with Gasteiger partial charge in [-0.1, -0.05) is 11.3 Å². The highest BCUT2D eigenvalue weighted by molar-refractivity contribution is 7.18. The van der Waals surface area contributed by atoms with Crippen molar-refractivity contribution >= 4 is 28.3 Å². The van der Waals surface area contributed by atoms with E-state index in [0.29, 0.717) is 10.1 Å². The average Bonchev–Trinajstić information content (AvgIpc) is 3.02. The zero-order valence-electron chi connectivity index (χ0n) is 11.5. The first-order valence-electron chi connectivity index (χ1n) is 6.04. The van der Waals surface area contributed by atoms with Crippen LogP contribution in [0.2, 0.25) is 0 Å². The Labute approximate surface area is 124 Å². The number of nitrogens with zero attached hydrogens (tertiary/aromatic N) is 5. The summed E-state index contributed by atoms with van der Waals surface area (Å²) in [6, 6.07) is 0. The van der Waals surface area contributed by atoms with Gasteiger partial charge in [0.05, 0.1) is 13.5 Å². The minimum absolute atomic E-state index is 0.0395. The summed E-state index contributed by atoms with van der Waals surface area (Å²) in [6.45, 7) is 0. The van der Waals surface area contributed by atoms with Crippen LogP contribution in [0.5, 0.6) is 0 Å². The van der Waals surface area contributed by atoms with Crippen molar-refractivity contribution in [1.29, 1.82) is 0 Å². The minimum Gasteiger partial charge on any atom is -0.469 e. The van der Waals surface area contributed by atoms with Gasteiger partial charge in [0.1, 0.15) is 6.33 Å². The zero-order valence-corrected chi connectivity index (χ0v) is 12.3. The molecule has 0 aliphatic rings. The van der Waals surface area contributed by atoms with E-state index < -0.39 is 5.97 Å². The molecule has 0 fully saturated rings. The van der Waals surface area contributed by atoms with E-state index in [4.69, 9.17) is 0 Å². The van der Waals surface area contributed by atoms with Crippen LogP contribution in [0.4, 0.5) is 5.13 Å². The second-order valence-corrected chi connectivity index (χ2v) is 5.00. The van der Waals surface area contributed by atoms with Gasteiger partial charge in [0.25, 0.3) is 0 Å². The lowest BCUT2D eigenvalue weighted by Gasteiger charge is -2.12. The summed E-state index contributed by atoms with van der Waals surface area (Å²) in [5.41, 5.74) is 0.733. The lowest BCUT2D eigenvalue weighted by molar-refractivity contribution is -0.141. The topological polar surface area (TPSA) is 98.2 Å². The molecule has 0 N–H and O–H groups in total. The van der Waals surface area contributed by atoms with E-state index in [1.165, 1.54) is 29.7 Å².